The number of hydrogen-bond donors (Lipinski definition) is 1. The van der Waals surface area contributed by atoms with Gasteiger partial charge in [0, 0.05) is 37.4 Å². The van der Waals surface area contributed by atoms with Gasteiger partial charge in [0.2, 0.25) is 0 Å². The van der Waals surface area contributed by atoms with Crippen LogP contribution in [0.3, 0.4) is 0 Å². The minimum absolute atomic E-state index is 0.440. The largest absolute Gasteiger partial charge is 0.355 e. The quantitative estimate of drug-likeness (QED) is 0.890. The van der Waals surface area contributed by atoms with Gasteiger partial charge < -0.3 is 10.2 Å². The Balaban J connectivity index is 1.98. The summed E-state index contributed by atoms with van der Waals surface area (Å²) < 4.78 is 2.04. The van der Waals surface area contributed by atoms with Crippen LogP contribution in [-0.4, -0.2) is 35.5 Å². The van der Waals surface area contributed by atoms with E-state index in [-0.39, 0.29) is 0 Å². The maximum Gasteiger partial charge on any atom is 0.150 e. The molecule has 2 rings (SSSR count). The van der Waals surface area contributed by atoms with Crippen molar-refractivity contribution in [1.82, 2.24) is 15.1 Å². The van der Waals surface area contributed by atoms with Crippen LogP contribution in [-0.2, 0) is 0 Å². The molecule has 1 aliphatic heterocycles. The lowest BCUT2D eigenvalue weighted by atomic mass is 9.94. The molecule has 0 spiro atoms. The Morgan fingerprint density at radius 3 is 2.83 bits per heavy atom. The molecular formula is C14H26N4. The zero-order valence-corrected chi connectivity index (χ0v) is 12.1. The summed E-state index contributed by atoms with van der Waals surface area (Å²) in [6, 6.07) is 3.24. The fourth-order valence-corrected chi connectivity index (χ4v) is 2.70. The maximum atomic E-state index is 4.66. The third-order valence-corrected chi connectivity index (χ3v) is 3.82. The smallest absolute Gasteiger partial charge is 0.150 e. The highest BCUT2D eigenvalue weighted by Gasteiger charge is 2.26. The molecule has 0 amide bonds. The molecule has 4 heteroatoms. The van der Waals surface area contributed by atoms with Crippen molar-refractivity contribution in [2.45, 2.75) is 46.2 Å². The molecule has 102 valence electrons. The van der Waals surface area contributed by atoms with Crippen molar-refractivity contribution in [2.24, 2.45) is 5.92 Å². The highest BCUT2D eigenvalue weighted by atomic mass is 15.4. The van der Waals surface area contributed by atoms with Crippen molar-refractivity contribution >= 4 is 5.82 Å². The van der Waals surface area contributed by atoms with E-state index < -0.39 is 0 Å². The van der Waals surface area contributed by atoms with Gasteiger partial charge in [0.15, 0.2) is 5.82 Å². The number of anilines is 1. The topological polar surface area (TPSA) is 33.1 Å². The average Bonchev–Trinajstić information content (AvgIpc) is 2.81. The standard InChI is InChI=1S/C14H26N4/c1-5-15-13-6-8-17(10-12(13)4)14-7-9-18(16-14)11(2)3/h7,9,11-13,15H,5-6,8,10H2,1-4H3. The molecule has 2 atom stereocenters. The third kappa shape index (κ3) is 2.86. The van der Waals surface area contributed by atoms with Crippen molar-refractivity contribution in [3.63, 3.8) is 0 Å². The van der Waals surface area contributed by atoms with E-state index in [1.165, 1.54) is 6.42 Å². The first-order chi connectivity index (χ1) is 8.61. The minimum atomic E-state index is 0.440. The van der Waals surface area contributed by atoms with Gasteiger partial charge in [-0.2, -0.15) is 5.10 Å². The van der Waals surface area contributed by atoms with Gasteiger partial charge in [0.05, 0.1) is 0 Å². The SMILES string of the molecule is CCNC1CCN(c2ccn(C(C)C)n2)CC1C. The van der Waals surface area contributed by atoms with Crippen LogP contribution in [0.4, 0.5) is 5.82 Å². The van der Waals surface area contributed by atoms with Crippen LogP contribution in [0.25, 0.3) is 0 Å². The summed E-state index contributed by atoms with van der Waals surface area (Å²) in [5, 5.41) is 8.24. The lowest BCUT2D eigenvalue weighted by Crippen LogP contribution is -2.48. The van der Waals surface area contributed by atoms with Gasteiger partial charge in [-0.3, -0.25) is 4.68 Å². The van der Waals surface area contributed by atoms with E-state index in [9.17, 15) is 0 Å². The summed E-state index contributed by atoms with van der Waals surface area (Å²) in [6.07, 6.45) is 3.30. The Hall–Kier alpha value is -1.03. The van der Waals surface area contributed by atoms with E-state index in [4.69, 9.17) is 0 Å². The summed E-state index contributed by atoms with van der Waals surface area (Å²) in [7, 11) is 0. The van der Waals surface area contributed by atoms with Gasteiger partial charge >= 0.3 is 0 Å². The fourth-order valence-electron chi connectivity index (χ4n) is 2.70. The number of hydrogen-bond acceptors (Lipinski definition) is 3. The molecule has 0 bridgehead atoms. The molecule has 1 N–H and O–H groups in total. The van der Waals surface area contributed by atoms with Gasteiger partial charge in [0.25, 0.3) is 0 Å². The van der Waals surface area contributed by atoms with Crippen molar-refractivity contribution in [2.75, 3.05) is 24.5 Å². The highest BCUT2D eigenvalue weighted by molar-refractivity contribution is 5.37. The van der Waals surface area contributed by atoms with Crippen molar-refractivity contribution in [3.8, 4) is 0 Å². The minimum Gasteiger partial charge on any atom is -0.355 e. The third-order valence-electron chi connectivity index (χ3n) is 3.82. The number of aromatic nitrogens is 2. The lowest BCUT2D eigenvalue weighted by Gasteiger charge is -2.37. The van der Waals surface area contributed by atoms with E-state index in [2.05, 4.69) is 55.3 Å². The second-order valence-electron chi connectivity index (χ2n) is 5.62. The number of nitrogens with one attached hydrogen (secondary N) is 1. The van der Waals surface area contributed by atoms with Crippen LogP contribution < -0.4 is 10.2 Å². The molecule has 1 saturated heterocycles. The highest BCUT2D eigenvalue weighted by Crippen LogP contribution is 2.22. The maximum absolute atomic E-state index is 4.66. The molecule has 1 aromatic rings. The Morgan fingerprint density at radius 1 is 1.50 bits per heavy atom. The molecule has 2 unspecified atom stereocenters. The van der Waals surface area contributed by atoms with Crippen LogP contribution in [0, 0.1) is 5.92 Å². The second kappa shape index (κ2) is 5.74. The van der Waals surface area contributed by atoms with Crippen LogP contribution in [0.5, 0.6) is 0 Å². The summed E-state index contributed by atoms with van der Waals surface area (Å²) in [6.45, 7) is 12.1. The van der Waals surface area contributed by atoms with Gasteiger partial charge in [0.1, 0.15) is 0 Å². The van der Waals surface area contributed by atoms with Crippen LogP contribution >= 0.6 is 0 Å². The molecule has 4 nitrogen and oxygen atoms in total. The molecule has 0 aliphatic carbocycles. The predicted octanol–water partition coefficient (Wildman–Crippen LogP) is 2.29. The molecule has 18 heavy (non-hydrogen) atoms. The number of piperidine rings is 1. The van der Waals surface area contributed by atoms with Crippen LogP contribution in [0.1, 0.15) is 40.2 Å². The number of nitrogens with zero attached hydrogens (tertiary/aromatic N) is 3. The first kappa shape index (κ1) is 13.4. The molecule has 2 heterocycles. The molecule has 0 radical (unpaired) electrons. The Morgan fingerprint density at radius 2 is 2.28 bits per heavy atom. The van der Waals surface area contributed by atoms with E-state index in [1.54, 1.807) is 0 Å². The fraction of sp³-hybridized carbons (Fsp3) is 0.786. The van der Waals surface area contributed by atoms with E-state index >= 15 is 0 Å². The predicted molar refractivity (Wildman–Crippen MR) is 76.1 cm³/mol. The summed E-state index contributed by atoms with van der Waals surface area (Å²) >= 11 is 0. The molecule has 1 aliphatic rings. The Bertz CT molecular complexity index is 372. The lowest BCUT2D eigenvalue weighted by molar-refractivity contribution is 0.325. The average molecular weight is 250 g/mol. The first-order valence-electron chi connectivity index (χ1n) is 7.15. The molecule has 0 saturated carbocycles. The number of rotatable bonds is 4. The molecule has 1 aromatic heterocycles. The van der Waals surface area contributed by atoms with Crippen molar-refractivity contribution in [3.05, 3.63) is 12.3 Å². The monoisotopic (exact) mass is 250 g/mol. The normalized spacial score (nSPS) is 24.8. The first-order valence-corrected chi connectivity index (χ1v) is 7.15. The zero-order valence-electron chi connectivity index (χ0n) is 12.1. The molecule has 0 aromatic carbocycles. The van der Waals surface area contributed by atoms with Gasteiger partial charge in [-0.15, -0.1) is 0 Å². The molecule has 1 fully saturated rings. The van der Waals surface area contributed by atoms with Crippen LogP contribution in [0.2, 0.25) is 0 Å². The van der Waals surface area contributed by atoms with Crippen molar-refractivity contribution < 1.29 is 0 Å². The van der Waals surface area contributed by atoms with Gasteiger partial charge in [-0.05, 0) is 32.7 Å². The Labute approximate surface area is 110 Å². The zero-order chi connectivity index (χ0) is 13.1. The summed E-state index contributed by atoms with van der Waals surface area (Å²) in [4.78, 5) is 2.41. The second-order valence-corrected chi connectivity index (χ2v) is 5.62. The van der Waals surface area contributed by atoms with Gasteiger partial charge in [-0.1, -0.05) is 13.8 Å². The van der Waals surface area contributed by atoms with Crippen LogP contribution in [0.15, 0.2) is 12.3 Å². The summed E-state index contributed by atoms with van der Waals surface area (Å²) in [5.41, 5.74) is 0. The van der Waals surface area contributed by atoms with Crippen molar-refractivity contribution in [1.29, 1.82) is 0 Å². The molecular weight excluding hydrogens is 224 g/mol. The van der Waals surface area contributed by atoms with E-state index in [0.29, 0.717) is 18.0 Å². The summed E-state index contributed by atoms with van der Waals surface area (Å²) in [5.74, 6) is 1.81. The van der Waals surface area contributed by atoms with Gasteiger partial charge in [-0.25, -0.2) is 0 Å². The van der Waals surface area contributed by atoms with E-state index in [1.807, 2.05) is 4.68 Å². The van der Waals surface area contributed by atoms with E-state index in [0.717, 1.165) is 25.5 Å². The Kier molecular flexibility index (Phi) is 4.27.